The van der Waals surface area contributed by atoms with Crippen molar-refractivity contribution < 1.29 is 14.7 Å². The molecule has 0 aromatic heterocycles. The quantitative estimate of drug-likeness (QED) is 0.780. The first-order valence-electron chi connectivity index (χ1n) is 7.42. The zero-order valence-electron chi connectivity index (χ0n) is 12.2. The van der Waals surface area contributed by atoms with Crippen LogP contribution >= 0.6 is 0 Å². The Morgan fingerprint density at radius 2 is 1.76 bits per heavy atom. The van der Waals surface area contributed by atoms with Gasteiger partial charge in [-0.15, -0.1) is 0 Å². The van der Waals surface area contributed by atoms with Gasteiger partial charge in [-0.1, -0.05) is 43.2 Å². The Labute approximate surface area is 124 Å². The van der Waals surface area contributed by atoms with Crippen LogP contribution in [-0.4, -0.2) is 23.1 Å². The molecule has 0 bridgehead atoms. The van der Waals surface area contributed by atoms with Crippen molar-refractivity contribution in [3.8, 4) is 0 Å². The molecule has 2 atom stereocenters. The van der Waals surface area contributed by atoms with Gasteiger partial charge in [-0.05, 0) is 31.2 Å². The van der Waals surface area contributed by atoms with Gasteiger partial charge in [0, 0.05) is 6.04 Å². The van der Waals surface area contributed by atoms with Crippen molar-refractivity contribution in [1.82, 2.24) is 10.6 Å². The van der Waals surface area contributed by atoms with Crippen molar-refractivity contribution in [3.63, 3.8) is 0 Å². The van der Waals surface area contributed by atoms with Crippen LogP contribution in [0.15, 0.2) is 30.3 Å². The second-order valence-corrected chi connectivity index (χ2v) is 5.63. The average Bonchev–Trinajstić information content (AvgIpc) is 2.99. The van der Waals surface area contributed by atoms with E-state index in [1.165, 1.54) is 12.8 Å². The highest BCUT2D eigenvalue weighted by atomic mass is 16.4. The first-order valence-corrected chi connectivity index (χ1v) is 7.42. The van der Waals surface area contributed by atoms with E-state index in [1.54, 1.807) is 24.3 Å². The Hall–Kier alpha value is -2.04. The van der Waals surface area contributed by atoms with Crippen LogP contribution < -0.4 is 10.6 Å². The molecule has 0 spiro atoms. The van der Waals surface area contributed by atoms with Crippen molar-refractivity contribution >= 4 is 12.0 Å². The zero-order chi connectivity index (χ0) is 15.2. The van der Waals surface area contributed by atoms with Gasteiger partial charge in [0.25, 0.3) is 0 Å². The number of amides is 2. The molecule has 1 aliphatic carbocycles. The van der Waals surface area contributed by atoms with Crippen molar-refractivity contribution in [3.05, 3.63) is 35.9 Å². The highest BCUT2D eigenvalue weighted by Gasteiger charge is 2.25. The van der Waals surface area contributed by atoms with Crippen LogP contribution in [0, 0.1) is 5.92 Å². The molecule has 0 heterocycles. The first-order chi connectivity index (χ1) is 10.1. The Kier molecular flexibility index (Phi) is 5.20. The minimum absolute atomic E-state index is 0.0673. The molecular weight excluding hydrogens is 268 g/mol. The summed E-state index contributed by atoms with van der Waals surface area (Å²) in [6, 6.07) is 7.33. The molecule has 114 valence electrons. The van der Waals surface area contributed by atoms with Gasteiger partial charge in [0.05, 0.1) is 0 Å². The topological polar surface area (TPSA) is 78.4 Å². The summed E-state index contributed by atoms with van der Waals surface area (Å²) in [6.45, 7) is 1.98. The average molecular weight is 290 g/mol. The summed E-state index contributed by atoms with van der Waals surface area (Å²) in [5, 5.41) is 14.7. The third kappa shape index (κ3) is 4.21. The summed E-state index contributed by atoms with van der Waals surface area (Å²) in [4.78, 5) is 23.3. The Balaban J connectivity index is 1.94. The van der Waals surface area contributed by atoms with Crippen LogP contribution in [0.2, 0.25) is 0 Å². The maximum atomic E-state index is 12.0. The molecule has 1 aromatic carbocycles. The van der Waals surface area contributed by atoms with E-state index in [0.29, 0.717) is 11.5 Å². The molecule has 0 radical (unpaired) electrons. The molecule has 21 heavy (non-hydrogen) atoms. The van der Waals surface area contributed by atoms with Gasteiger partial charge in [0.15, 0.2) is 6.04 Å². The lowest BCUT2D eigenvalue weighted by atomic mass is 10.00. The molecular formula is C16H22N2O3. The molecule has 5 nitrogen and oxygen atoms in total. The van der Waals surface area contributed by atoms with Gasteiger partial charge >= 0.3 is 12.0 Å². The van der Waals surface area contributed by atoms with E-state index in [2.05, 4.69) is 10.6 Å². The number of carboxylic acids is 1. The van der Waals surface area contributed by atoms with Crippen molar-refractivity contribution in [2.45, 2.75) is 44.7 Å². The van der Waals surface area contributed by atoms with Gasteiger partial charge in [-0.2, -0.15) is 0 Å². The van der Waals surface area contributed by atoms with Crippen LogP contribution in [0.4, 0.5) is 4.79 Å². The number of hydrogen-bond acceptors (Lipinski definition) is 2. The fourth-order valence-corrected chi connectivity index (χ4v) is 2.89. The summed E-state index contributed by atoms with van der Waals surface area (Å²) in [5.41, 5.74) is 0.564. The van der Waals surface area contributed by atoms with E-state index in [-0.39, 0.29) is 6.04 Å². The number of carbonyl (C=O) groups is 2. The van der Waals surface area contributed by atoms with Gasteiger partial charge < -0.3 is 15.7 Å². The third-order valence-electron chi connectivity index (χ3n) is 4.12. The highest BCUT2D eigenvalue weighted by molar-refractivity contribution is 5.83. The highest BCUT2D eigenvalue weighted by Crippen LogP contribution is 2.27. The maximum Gasteiger partial charge on any atom is 0.330 e. The second kappa shape index (κ2) is 7.11. The van der Waals surface area contributed by atoms with E-state index < -0.39 is 18.0 Å². The zero-order valence-corrected chi connectivity index (χ0v) is 12.2. The van der Waals surface area contributed by atoms with E-state index in [1.807, 2.05) is 13.0 Å². The SMILES string of the molecule is CC(NC(=O)NC(C(=O)O)c1ccccc1)C1CCCC1. The van der Waals surface area contributed by atoms with E-state index in [0.717, 1.165) is 12.8 Å². The van der Waals surface area contributed by atoms with E-state index >= 15 is 0 Å². The fourth-order valence-electron chi connectivity index (χ4n) is 2.89. The van der Waals surface area contributed by atoms with Gasteiger partial charge in [0.2, 0.25) is 0 Å². The van der Waals surface area contributed by atoms with Gasteiger partial charge in [-0.25, -0.2) is 9.59 Å². The van der Waals surface area contributed by atoms with E-state index in [4.69, 9.17) is 0 Å². The van der Waals surface area contributed by atoms with Crippen molar-refractivity contribution in [2.24, 2.45) is 5.92 Å². The third-order valence-corrected chi connectivity index (χ3v) is 4.12. The van der Waals surface area contributed by atoms with Crippen LogP contribution in [0.1, 0.15) is 44.2 Å². The molecule has 1 saturated carbocycles. The molecule has 2 unspecified atom stereocenters. The summed E-state index contributed by atoms with van der Waals surface area (Å²) < 4.78 is 0. The molecule has 0 saturated heterocycles. The summed E-state index contributed by atoms with van der Waals surface area (Å²) in [6.07, 6.45) is 4.67. The molecule has 1 fully saturated rings. The smallest absolute Gasteiger partial charge is 0.330 e. The van der Waals surface area contributed by atoms with Crippen molar-refractivity contribution in [1.29, 1.82) is 0 Å². The summed E-state index contributed by atoms with van der Waals surface area (Å²) >= 11 is 0. The van der Waals surface area contributed by atoms with Crippen molar-refractivity contribution in [2.75, 3.05) is 0 Å². The lowest BCUT2D eigenvalue weighted by molar-refractivity contribution is -0.139. The minimum Gasteiger partial charge on any atom is -0.479 e. The Morgan fingerprint density at radius 3 is 2.33 bits per heavy atom. The minimum atomic E-state index is -1.06. The standard InChI is InChI=1S/C16H22N2O3/c1-11(12-7-5-6-8-12)17-16(21)18-14(15(19)20)13-9-3-2-4-10-13/h2-4,9-12,14H,5-8H2,1H3,(H,19,20)(H2,17,18,21). The summed E-state index contributed by atoms with van der Waals surface area (Å²) in [5.74, 6) is -0.569. The molecule has 1 aliphatic rings. The number of carboxylic acid groups (broad SMARTS) is 1. The van der Waals surface area contributed by atoms with Crippen LogP contribution in [0.5, 0.6) is 0 Å². The van der Waals surface area contributed by atoms with E-state index in [9.17, 15) is 14.7 Å². The lowest BCUT2D eigenvalue weighted by Gasteiger charge is -2.22. The fraction of sp³-hybridized carbons (Fsp3) is 0.500. The molecule has 0 aliphatic heterocycles. The Bertz CT molecular complexity index is 484. The molecule has 3 N–H and O–H groups in total. The van der Waals surface area contributed by atoms with Gasteiger partial charge in [-0.3, -0.25) is 0 Å². The molecule has 5 heteroatoms. The predicted octanol–water partition coefficient (Wildman–Crippen LogP) is 2.69. The Morgan fingerprint density at radius 1 is 1.14 bits per heavy atom. The normalized spacial score (nSPS) is 18.0. The van der Waals surface area contributed by atoms with Crippen LogP contribution in [0.3, 0.4) is 0 Å². The molecule has 2 rings (SSSR count). The second-order valence-electron chi connectivity index (χ2n) is 5.63. The predicted molar refractivity (Wildman–Crippen MR) is 79.9 cm³/mol. The number of rotatable bonds is 5. The number of urea groups is 1. The first kappa shape index (κ1) is 15.4. The largest absolute Gasteiger partial charge is 0.479 e. The molecule has 1 aromatic rings. The van der Waals surface area contributed by atoms with Crippen LogP contribution in [-0.2, 0) is 4.79 Å². The number of benzene rings is 1. The number of nitrogens with one attached hydrogen (secondary N) is 2. The molecule has 2 amide bonds. The van der Waals surface area contributed by atoms with Gasteiger partial charge in [0.1, 0.15) is 0 Å². The lowest BCUT2D eigenvalue weighted by Crippen LogP contribution is -2.46. The number of aliphatic carboxylic acids is 1. The maximum absolute atomic E-state index is 12.0. The number of hydrogen-bond donors (Lipinski definition) is 3. The number of carbonyl (C=O) groups excluding carboxylic acids is 1. The summed E-state index contributed by atoms with van der Waals surface area (Å²) in [7, 11) is 0. The monoisotopic (exact) mass is 290 g/mol. The van der Waals surface area contributed by atoms with Crippen LogP contribution in [0.25, 0.3) is 0 Å².